The van der Waals surface area contributed by atoms with Crippen molar-refractivity contribution in [3.8, 4) is 0 Å². The maximum absolute atomic E-state index is 2.21. The van der Waals surface area contributed by atoms with Gasteiger partial charge in [-0.15, -0.1) is 0 Å². The van der Waals surface area contributed by atoms with Gasteiger partial charge in [0.2, 0.25) is 0 Å². The normalized spacial score (nSPS) is 13.8. The number of rotatable bonds is 3. The van der Waals surface area contributed by atoms with Gasteiger partial charge in [-0.1, -0.05) is 25.5 Å². The van der Waals surface area contributed by atoms with Crippen molar-refractivity contribution in [1.82, 2.24) is 4.90 Å². The number of nitrogens with zero attached hydrogens (tertiary/aromatic N) is 1. The molecule has 0 bridgehead atoms. The summed E-state index contributed by atoms with van der Waals surface area (Å²) in [6.07, 6.45) is 14.9. The van der Waals surface area contributed by atoms with E-state index in [1.54, 1.807) is 22.5 Å². The molecular weight excluding hydrogens is 289 g/mol. The van der Waals surface area contributed by atoms with E-state index in [-0.39, 0.29) is 0 Å². The Labute approximate surface area is 108 Å². The molecule has 15 heavy (non-hydrogen) atoms. The molecule has 1 aliphatic rings. The van der Waals surface area contributed by atoms with Gasteiger partial charge in [0.25, 0.3) is 0 Å². The Morgan fingerprint density at radius 2 is 1.53 bits per heavy atom. The molecule has 0 atom stereocenters. The molecule has 0 fully saturated rings. The van der Waals surface area contributed by atoms with Gasteiger partial charge in [-0.2, -0.15) is 0 Å². The zero-order chi connectivity index (χ0) is 11.5. The summed E-state index contributed by atoms with van der Waals surface area (Å²) >= 11 is 1.64. The molecular formula is C13H22NSn. The van der Waals surface area contributed by atoms with Crippen molar-refractivity contribution in [2.45, 2.75) is 37.5 Å². The molecule has 3 radical (unpaired) electrons. The standard InChI is InChI=1S/C10H15N.C3H7.Sn/c1-2-3-8-11-9-6-4-5-7-10-11;1-3-2;/h4-7,9-10H,2-3,8H2,1H3;3H,1-2H3;. The minimum absolute atomic E-state index is 0.923. The first-order valence-electron chi connectivity index (χ1n) is 5.65. The summed E-state index contributed by atoms with van der Waals surface area (Å²) in [4.78, 5) is 2.21. The van der Waals surface area contributed by atoms with Crippen molar-refractivity contribution in [3.63, 3.8) is 0 Å². The Morgan fingerprint density at radius 3 is 1.93 bits per heavy atom. The van der Waals surface area contributed by atoms with Crippen LogP contribution in [0, 0.1) is 0 Å². The van der Waals surface area contributed by atoms with Crippen LogP contribution in [0.4, 0.5) is 0 Å². The third kappa shape index (κ3) is 11.7. The topological polar surface area (TPSA) is 3.24 Å². The fraction of sp³-hybridized carbons (Fsp3) is 0.538. The van der Waals surface area contributed by atoms with Gasteiger partial charge in [0.15, 0.2) is 0 Å². The van der Waals surface area contributed by atoms with Crippen LogP contribution in [0.5, 0.6) is 0 Å². The molecule has 0 saturated carbocycles. The van der Waals surface area contributed by atoms with Crippen molar-refractivity contribution >= 4 is 22.5 Å². The average Bonchev–Trinajstić information content (AvgIpc) is 2.42. The molecule has 1 aliphatic heterocycles. The Bertz CT molecular complexity index is 198. The van der Waals surface area contributed by atoms with Gasteiger partial charge in [-0.3, -0.25) is 0 Å². The Balaban J connectivity index is 0.000000423. The fourth-order valence-electron chi connectivity index (χ4n) is 0.988. The molecule has 0 unspecified atom stereocenters. The van der Waals surface area contributed by atoms with E-state index in [2.05, 4.69) is 50.2 Å². The van der Waals surface area contributed by atoms with Gasteiger partial charge in [0.1, 0.15) is 0 Å². The molecule has 0 aromatic carbocycles. The first-order valence-corrected chi connectivity index (χ1v) is 7.30. The monoisotopic (exact) mass is 312 g/mol. The number of unbranched alkanes of at least 4 members (excludes halogenated alkanes) is 1. The van der Waals surface area contributed by atoms with Crippen LogP contribution in [0.1, 0.15) is 33.6 Å². The second kappa shape index (κ2) is 10.3. The van der Waals surface area contributed by atoms with Crippen LogP contribution >= 0.6 is 0 Å². The van der Waals surface area contributed by atoms with Crippen molar-refractivity contribution in [2.75, 3.05) is 6.54 Å². The van der Waals surface area contributed by atoms with Crippen LogP contribution in [0.2, 0.25) is 3.93 Å². The molecule has 1 heterocycles. The van der Waals surface area contributed by atoms with Crippen LogP contribution in [-0.4, -0.2) is 34.0 Å². The molecule has 1 rings (SSSR count). The molecule has 2 heteroatoms. The molecule has 0 saturated heterocycles. The average molecular weight is 311 g/mol. The van der Waals surface area contributed by atoms with Gasteiger partial charge >= 0.3 is 40.3 Å². The number of allylic oxidation sites excluding steroid dienone is 4. The molecule has 0 aromatic rings. The maximum atomic E-state index is 2.21. The van der Waals surface area contributed by atoms with Crippen molar-refractivity contribution in [1.29, 1.82) is 0 Å². The number of hydrogen-bond donors (Lipinski definition) is 0. The van der Waals surface area contributed by atoms with E-state index in [4.69, 9.17) is 0 Å². The fourth-order valence-corrected chi connectivity index (χ4v) is 0.988. The van der Waals surface area contributed by atoms with Crippen LogP contribution < -0.4 is 0 Å². The Morgan fingerprint density at radius 1 is 1.07 bits per heavy atom. The van der Waals surface area contributed by atoms with Crippen molar-refractivity contribution in [2.24, 2.45) is 0 Å². The summed E-state index contributed by atoms with van der Waals surface area (Å²) in [5.41, 5.74) is 0. The Kier molecular flexibility index (Phi) is 10.2. The van der Waals surface area contributed by atoms with Gasteiger partial charge in [0, 0.05) is 18.9 Å². The summed E-state index contributed by atoms with van der Waals surface area (Å²) in [7, 11) is 0. The predicted molar refractivity (Wildman–Crippen MR) is 69.9 cm³/mol. The van der Waals surface area contributed by atoms with Gasteiger partial charge in [-0.05, 0) is 18.6 Å². The van der Waals surface area contributed by atoms with Gasteiger partial charge in [-0.25, -0.2) is 0 Å². The zero-order valence-electron chi connectivity index (χ0n) is 10.1. The molecule has 1 nitrogen and oxygen atoms in total. The van der Waals surface area contributed by atoms with E-state index in [0.717, 1.165) is 10.5 Å². The number of hydrogen-bond acceptors (Lipinski definition) is 1. The van der Waals surface area contributed by atoms with E-state index in [9.17, 15) is 0 Å². The first kappa shape index (κ1) is 14.8. The van der Waals surface area contributed by atoms with E-state index in [1.807, 2.05) is 12.2 Å². The SMILES string of the molecule is CCCCN1C=CC=CC=C1.C[CH](C)[Sn]. The molecule has 0 aliphatic carbocycles. The van der Waals surface area contributed by atoms with Gasteiger partial charge in [0.05, 0.1) is 0 Å². The third-order valence-corrected chi connectivity index (χ3v) is 1.66. The molecule has 0 spiro atoms. The van der Waals surface area contributed by atoms with Crippen LogP contribution in [-0.2, 0) is 0 Å². The van der Waals surface area contributed by atoms with E-state index in [1.165, 1.54) is 12.8 Å². The van der Waals surface area contributed by atoms with E-state index < -0.39 is 0 Å². The summed E-state index contributed by atoms with van der Waals surface area (Å²) < 4.78 is 0.923. The molecule has 83 valence electrons. The summed E-state index contributed by atoms with van der Waals surface area (Å²) in [6, 6.07) is 0. The third-order valence-electron chi connectivity index (χ3n) is 1.66. The quantitative estimate of drug-likeness (QED) is 0.719. The first-order chi connectivity index (χ1) is 7.16. The molecule has 0 N–H and O–H groups in total. The Hall–Kier alpha value is -0.181. The van der Waals surface area contributed by atoms with Crippen LogP contribution in [0.15, 0.2) is 36.7 Å². The van der Waals surface area contributed by atoms with Crippen molar-refractivity contribution in [3.05, 3.63) is 36.7 Å². The van der Waals surface area contributed by atoms with Gasteiger partial charge < -0.3 is 4.90 Å². The predicted octanol–water partition coefficient (Wildman–Crippen LogP) is 3.67. The zero-order valence-corrected chi connectivity index (χ0v) is 13.0. The summed E-state index contributed by atoms with van der Waals surface area (Å²) in [6.45, 7) is 7.76. The summed E-state index contributed by atoms with van der Waals surface area (Å²) in [5.74, 6) is 0. The van der Waals surface area contributed by atoms with Crippen molar-refractivity contribution < 1.29 is 0 Å². The molecule has 0 amide bonds. The second-order valence-electron chi connectivity index (χ2n) is 3.81. The van der Waals surface area contributed by atoms with E-state index in [0.29, 0.717) is 0 Å². The summed E-state index contributed by atoms with van der Waals surface area (Å²) in [5, 5.41) is 0. The second-order valence-corrected chi connectivity index (χ2v) is 7.11. The van der Waals surface area contributed by atoms with E-state index >= 15 is 0 Å². The molecule has 0 aromatic heterocycles. The van der Waals surface area contributed by atoms with Crippen LogP contribution in [0.25, 0.3) is 0 Å². The van der Waals surface area contributed by atoms with Crippen LogP contribution in [0.3, 0.4) is 0 Å². The minimum atomic E-state index is 0.923.